The molecule has 0 aliphatic rings. The highest BCUT2D eigenvalue weighted by molar-refractivity contribution is 9.10. The number of hydrogen-bond acceptors (Lipinski definition) is 2. The van der Waals surface area contributed by atoms with Crippen molar-refractivity contribution in [1.82, 2.24) is 0 Å². The van der Waals surface area contributed by atoms with E-state index in [1.54, 1.807) is 0 Å². The summed E-state index contributed by atoms with van der Waals surface area (Å²) in [6, 6.07) is 5.02. The third-order valence-corrected chi connectivity index (χ3v) is 2.39. The SMILES string of the molecule is O=C(CF)C(F)(F)C(=O)c1ccc(Br)cc1. The van der Waals surface area contributed by atoms with Gasteiger partial charge in [-0.15, -0.1) is 0 Å². The molecule has 0 aromatic heterocycles. The molecule has 1 aromatic carbocycles. The van der Waals surface area contributed by atoms with Crippen LogP contribution in [0.5, 0.6) is 0 Å². The summed E-state index contributed by atoms with van der Waals surface area (Å²) in [6.07, 6.45) is 0. The molecular formula is C10H6BrF3O2. The maximum absolute atomic E-state index is 13.0. The van der Waals surface area contributed by atoms with Crippen LogP contribution < -0.4 is 0 Å². The van der Waals surface area contributed by atoms with Gasteiger partial charge in [0.05, 0.1) is 0 Å². The van der Waals surface area contributed by atoms with Gasteiger partial charge in [0.2, 0.25) is 11.6 Å². The van der Waals surface area contributed by atoms with Crippen molar-refractivity contribution in [2.75, 3.05) is 6.67 Å². The van der Waals surface area contributed by atoms with Crippen LogP contribution in [0.2, 0.25) is 0 Å². The summed E-state index contributed by atoms with van der Waals surface area (Å²) in [4.78, 5) is 21.8. The van der Waals surface area contributed by atoms with Crippen LogP contribution >= 0.6 is 15.9 Å². The number of benzene rings is 1. The van der Waals surface area contributed by atoms with E-state index >= 15 is 0 Å². The molecule has 0 saturated carbocycles. The second kappa shape index (κ2) is 4.78. The summed E-state index contributed by atoms with van der Waals surface area (Å²) in [7, 11) is 0. The zero-order chi connectivity index (χ0) is 12.3. The van der Waals surface area contributed by atoms with Gasteiger partial charge in [-0.05, 0) is 12.1 Å². The predicted molar refractivity (Wildman–Crippen MR) is 54.4 cm³/mol. The minimum absolute atomic E-state index is 0.338. The molecule has 0 aliphatic carbocycles. The van der Waals surface area contributed by atoms with Gasteiger partial charge >= 0.3 is 5.92 Å². The Morgan fingerprint density at radius 2 is 1.69 bits per heavy atom. The number of ketones is 2. The lowest BCUT2D eigenvalue weighted by atomic mass is 10.0. The molecule has 6 heteroatoms. The monoisotopic (exact) mass is 294 g/mol. The van der Waals surface area contributed by atoms with Gasteiger partial charge in [0.15, 0.2) is 6.67 Å². The van der Waals surface area contributed by atoms with Crippen LogP contribution in [0.15, 0.2) is 28.7 Å². The van der Waals surface area contributed by atoms with Crippen molar-refractivity contribution in [2.45, 2.75) is 5.92 Å². The van der Waals surface area contributed by atoms with Crippen LogP contribution in [-0.2, 0) is 4.79 Å². The molecule has 0 aliphatic heterocycles. The molecule has 0 heterocycles. The maximum atomic E-state index is 13.0. The third-order valence-electron chi connectivity index (χ3n) is 1.86. The van der Waals surface area contributed by atoms with Crippen molar-refractivity contribution in [3.8, 4) is 0 Å². The highest BCUT2D eigenvalue weighted by Crippen LogP contribution is 2.22. The molecular weight excluding hydrogens is 289 g/mol. The molecule has 0 fully saturated rings. The molecule has 0 N–H and O–H groups in total. The molecule has 0 radical (unpaired) electrons. The molecule has 0 saturated heterocycles. The van der Waals surface area contributed by atoms with E-state index in [1.165, 1.54) is 12.1 Å². The Kier molecular flexibility index (Phi) is 3.85. The van der Waals surface area contributed by atoms with Crippen molar-refractivity contribution in [3.63, 3.8) is 0 Å². The quantitative estimate of drug-likeness (QED) is 0.632. The fourth-order valence-electron chi connectivity index (χ4n) is 0.993. The summed E-state index contributed by atoms with van der Waals surface area (Å²) >= 11 is 3.06. The van der Waals surface area contributed by atoms with Crippen LogP contribution in [0, 0.1) is 0 Å². The fraction of sp³-hybridized carbons (Fsp3) is 0.200. The van der Waals surface area contributed by atoms with Gasteiger partial charge in [-0.3, -0.25) is 9.59 Å². The smallest absolute Gasteiger partial charge is 0.289 e. The van der Waals surface area contributed by atoms with Gasteiger partial charge in [-0.1, -0.05) is 28.1 Å². The van der Waals surface area contributed by atoms with Crippen molar-refractivity contribution in [2.24, 2.45) is 0 Å². The van der Waals surface area contributed by atoms with Gasteiger partial charge in [0.25, 0.3) is 0 Å². The number of carbonyl (C=O) groups is 2. The first-order chi connectivity index (χ1) is 7.39. The van der Waals surface area contributed by atoms with E-state index in [4.69, 9.17) is 0 Å². The molecule has 0 spiro atoms. The average molecular weight is 295 g/mol. The number of Topliss-reactive ketones (excluding diaryl/α,β-unsaturated/α-hetero) is 2. The van der Waals surface area contributed by atoms with E-state index in [0.29, 0.717) is 4.47 Å². The minimum atomic E-state index is -4.30. The van der Waals surface area contributed by atoms with Crippen LogP contribution in [0.25, 0.3) is 0 Å². The summed E-state index contributed by atoms with van der Waals surface area (Å²) in [5.41, 5.74) is -0.338. The Hall–Kier alpha value is -1.17. The number of hydrogen-bond donors (Lipinski definition) is 0. The van der Waals surface area contributed by atoms with E-state index in [0.717, 1.165) is 12.1 Å². The van der Waals surface area contributed by atoms with Crippen molar-refractivity contribution >= 4 is 27.5 Å². The Labute approximate surface area is 97.6 Å². The van der Waals surface area contributed by atoms with Gasteiger partial charge in [0, 0.05) is 10.0 Å². The number of carbonyl (C=O) groups excluding carboxylic acids is 2. The lowest BCUT2D eigenvalue weighted by Gasteiger charge is -2.11. The normalized spacial score (nSPS) is 11.2. The zero-order valence-electron chi connectivity index (χ0n) is 7.84. The summed E-state index contributed by atoms with van der Waals surface area (Å²) in [5, 5.41) is 0. The lowest BCUT2D eigenvalue weighted by Crippen LogP contribution is -2.39. The molecule has 1 rings (SSSR count). The van der Waals surface area contributed by atoms with Gasteiger partial charge in [-0.2, -0.15) is 8.78 Å². The molecule has 16 heavy (non-hydrogen) atoms. The molecule has 0 unspecified atom stereocenters. The Morgan fingerprint density at radius 3 is 2.12 bits per heavy atom. The average Bonchev–Trinajstić information content (AvgIpc) is 2.28. The van der Waals surface area contributed by atoms with Crippen LogP contribution in [0.3, 0.4) is 0 Å². The molecule has 0 atom stereocenters. The van der Waals surface area contributed by atoms with Crippen LogP contribution in [0.4, 0.5) is 13.2 Å². The highest BCUT2D eigenvalue weighted by atomic mass is 79.9. The van der Waals surface area contributed by atoms with Crippen molar-refractivity contribution in [3.05, 3.63) is 34.3 Å². The number of alkyl halides is 3. The van der Waals surface area contributed by atoms with E-state index in [1.807, 2.05) is 0 Å². The lowest BCUT2D eigenvalue weighted by molar-refractivity contribution is -0.137. The van der Waals surface area contributed by atoms with Gasteiger partial charge < -0.3 is 0 Å². The largest absolute Gasteiger partial charge is 0.369 e. The second-order valence-electron chi connectivity index (χ2n) is 2.97. The zero-order valence-corrected chi connectivity index (χ0v) is 9.43. The number of rotatable bonds is 4. The van der Waals surface area contributed by atoms with Crippen LogP contribution in [-0.4, -0.2) is 24.2 Å². The fourth-order valence-corrected chi connectivity index (χ4v) is 1.26. The first-order valence-corrected chi connectivity index (χ1v) is 4.96. The van der Waals surface area contributed by atoms with Crippen molar-refractivity contribution in [1.29, 1.82) is 0 Å². The molecule has 2 nitrogen and oxygen atoms in total. The topological polar surface area (TPSA) is 34.1 Å². The molecule has 0 amide bonds. The molecule has 1 aromatic rings. The standard InChI is InChI=1S/C10H6BrF3O2/c11-7-3-1-6(2-4-7)9(16)10(13,14)8(15)5-12/h1-4H,5H2. The summed E-state index contributed by atoms with van der Waals surface area (Å²) in [6.45, 7) is -1.87. The second-order valence-corrected chi connectivity index (χ2v) is 3.88. The Bertz CT molecular complexity index is 415. The van der Waals surface area contributed by atoms with Gasteiger partial charge in [-0.25, -0.2) is 4.39 Å². The van der Waals surface area contributed by atoms with Gasteiger partial charge in [0.1, 0.15) is 0 Å². The predicted octanol–water partition coefficient (Wildman–Crippen LogP) is 2.81. The number of halogens is 4. The Balaban J connectivity index is 3.02. The molecule has 86 valence electrons. The summed E-state index contributed by atoms with van der Waals surface area (Å²) in [5.74, 6) is -8.02. The maximum Gasteiger partial charge on any atom is 0.369 e. The molecule has 0 bridgehead atoms. The van der Waals surface area contributed by atoms with Crippen molar-refractivity contribution < 1.29 is 22.8 Å². The third kappa shape index (κ3) is 2.49. The first kappa shape index (κ1) is 12.9. The van der Waals surface area contributed by atoms with Crippen LogP contribution in [0.1, 0.15) is 10.4 Å². The van der Waals surface area contributed by atoms with E-state index in [2.05, 4.69) is 15.9 Å². The van der Waals surface area contributed by atoms with E-state index in [9.17, 15) is 22.8 Å². The van der Waals surface area contributed by atoms with E-state index in [-0.39, 0.29) is 5.56 Å². The highest BCUT2D eigenvalue weighted by Gasteiger charge is 2.46. The summed E-state index contributed by atoms with van der Waals surface area (Å²) < 4.78 is 38.5. The first-order valence-electron chi connectivity index (χ1n) is 4.17. The Morgan fingerprint density at radius 1 is 1.19 bits per heavy atom. The minimum Gasteiger partial charge on any atom is -0.289 e. The van der Waals surface area contributed by atoms with E-state index < -0.39 is 24.2 Å².